The van der Waals surface area contributed by atoms with Gasteiger partial charge in [-0.2, -0.15) is 0 Å². The summed E-state index contributed by atoms with van der Waals surface area (Å²) in [6.45, 7) is 6.22. The van der Waals surface area contributed by atoms with E-state index in [1.807, 2.05) is 6.92 Å². The van der Waals surface area contributed by atoms with E-state index < -0.39 is 0 Å². The van der Waals surface area contributed by atoms with Crippen molar-refractivity contribution in [2.24, 2.45) is 5.73 Å². The van der Waals surface area contributed by atoms with E-state index in [0.29, 0.717) is 13.0 Å². The van der Waals surface area contributed by atoms with Gasteiger partial charge in [-0.1, -0.05) is 6.08 Å². The molecular weight excluding hydrogens is 164 g/mol. The van der Waals surface area contributed by atoms with Gasteiger partial charge in [0.15, 0.2) is 0 Å². The summed E-state index contributed by atoms with van der Waals surface area (Å²) in [7, 11) is 0. The van der Waals surface area contributed by atoms with E-state index in [0.717, 1.165) is 19.3 Å². The lowest BCUT2D eigenvalue weighted by Gasteiger charge is -2.05. The number of carbonyl (C=O) groups is 1. The van der Waals surface area contributed by atoms with Gasteiger partial charge in [0.2, 0.25) is 5.91 Å². The number of hydrogen-bond acceptors (Lipinski definition) is 2. The van der Waals surface area contributed by atoms with Crippen molar-refractivity contribution in [1.29, 1.82) is 0 Å². The summed E-state index contributed by atoms with van der Waals surface area (Å²) in [6.07, 6.45) is 4.99. The van der Waals surface area contributed by atoms with Crippen molar-refractivity contribution < 1.29 is 4.79 Å². The van der Waals surface area contributed by atoms with E-state index in [-0.39, 0.29) is 11.9 Å². The van der Waals surface area contributed by atoms with Gasteiger partial charge in [0.05, 0.1) is 0 Å². The van der Waals surface area contributed by atoms with Gasteiger partial charge >= 0.3 is 0 Å². The van der Waals surface area contributed by atoms with Crippen molar-refractivity contribution in [1.82, 2.24) is 5.32 Å². The van der Waals surface area contributed by atoms with Crippen LogP contribution < -0.4 is 11.1 Å². The van der Waals surface area contributed by atoms with Crippen molar-refractivity contribution in [2.45, 2.75) is 38.6 Å². The number of hydrogen-bond donors (Lipinski definition) is 2. The SMILES string of the molecule is C=CCCNC(=O)CCCC(C)N. The Hall–Kier alpha value is -0.830. The minimum Gasteiger partial charge on any atom is -0.356 e. The highest BCUT2D eigenvalue weighted by atomic mass is 16.1. The Morgan fingerprint density at radius 2 is 2.38 bits per heavy atom. The second-order valence-corrected chi connectivity index (χ2v) is 3.30. The first-order valence-electron chi connectivity index (χ1n) is 4.80. The van der Waals surface area contributed by atoms with Crippen LogP contribution in [0.25, 0.3) is 0 Å². The second kappa shape index (κ2) is 7.80. The molecule has 0 aromatic rings. The lowest BCUT2D eigenvalue weighted by molar-refractivity contribution is -0.121. The fraction of sp³-hybridized carbons (Fsp3) is 0.700. The largest absolute Gasteiger partial charge is 0.356 e. The van der Waals surface area contributed by atoms with E-state index >= 15 is 0 Å². The third-order valence-corrected chi connectivity index (χ3v) is 1.73. The van der Waals surface area contributed by atoms with Gasteiger partial charge < -0.3 is 11.1 Å². The number of carbonyl (C=O) groups excluding carboxylic acids is 1. The number of nitrogens with one attached hydrogen (secondary N) is 1. The van der Waals surface area contributed by atoms with Crippen LogP contribution in [0.4, 0.5) is 0 Å². The molecule has 0 aliphatic heterocycles. The smallest absolute Gasteiger partial charge is 0.220 e. The molecule has 3 nitrogen and oxygen atoms in total. The van der Waals surface area contributed by atoms with E-state index in [4.69, 9.17) is 5.73 Å². The van der Waals surface area contributed by atoms with E-state index in [1.165, 1.54) is 0 Å². The molecule has 0 aliphatic rings. The highest BCUT2D eigenvalue weighted by Gasteiger charge is 2.00. The van der Waals surface area contributed by atoms with Gasteiger partial charge in [0, 0.05) is 19.0 Å². The summed E-state index contributed by atoms with van der Waals surface area (Å²) >= 11 is 0. The molecule has 0 saturated heterocycles. The van der Waals surface area contributed by atoms with Crippen LogP contribution in [-0.2, 0) is 4.79 Å². The predicted octanol–water partition coefficient (Wildman–Crippen LogP) is 1.20. The molecule has 1 amide bonds. The van der Waals surface area contributed by atoms with Gasteiger partial charge in [0.25, 0.3) is 0 Å². The Morgan fingerprint density at radius 3 is 2.92 bits per heavy atom. The van der Waals surface area contributed by atoms with E-state index in [1.54, 1.807) is 6.08 Å². The average molecular weight is 184 g/mol. The lowest BCUT2D eigenvalue weighted by atomic mass is 10.1. The summed E-state index contributed by atoms with van der Waals surface area (Å²) in [5, 5.41) is 2.81. The van der Waals surface area contributed by atoms with Crippen LogP contribution in [0.1, 0.15) is 32.6 Å². The Labute approximate surface area is 80.4 Å². The summed E-state index contributed by atoms with van der Waals surface area (Å²) in [5.74, 6) is 0.113. The molecule has 0 aromatic carbocycles. The highest BCUT2D eigenvalue weighted by Crippen LogP contribution is 1.97. The molecular formula is C10H20N2O. The molecule has 0 aliphatic carbocycles. The Bertz CT molecular complexity index is 155. The average Bonchev–Trinajstić information content (AvgIpc) is 2.04. The molecule has 0 rings (SSSR count). The molecule has 0 spiro atoms. The van der Waals surface area contributed by atoms with Crippen molar-refractivity contribution in [3.05, 3.63) is 12.7 Å². The number of amides is 1. The molecule has 3 N–H and O–H groups in total. The van der Waals surface area contributed by atoms with Crippen LogP contribution >= 0.6 is 0 Å². The molecule has 13 heavy (non-hydrogen) atoms. The summed E-state index contributed by atoms with van der Waals surface area (Å²) in [4.78, 5) is 11.1. The molecule has 0 bridgehead atoms. The maximum absolute atomic E-state index is 11.1. The second-order valence-electron chi connectivity index (χ2n) is 3.30. The lowest BCUT2D eigenvalue weighted by Crippen LogP contribution is -2.24. The van der Waals surface area contributed by atoms with Crippen molar-refractivity contribution in [3.63, 3.8) is 0 Å². The molecule has 0 aromatic heterocycles. The highest BCUT2D eigenvalue weighted by molar-refractivity contribution is 5.75. The molecule has 1 unspecified atom stereocenters. The first-order chi connectivity index (χ1) is 6.16. The Morgan fingerprint density at radius 1 is 1.69 bits per heavy atom. The monoisotopic (exact) mass is 184 g/mol. The zero-order valence-corrected chi connectivity index (χ0v) is 8.38. The molecule has 1 atom stereocenters. The third-order valence-electron chi connectivity index (χ3n) is 1.73. The van der Waals surface area contributed by atoms with Crippen molar-refractivity contribution >= 4 is 5.91 Å². The minimum absolute atomic E-state index is 0.113. The molecule has 0 heterocycles. The van der Waals surface area contributed by atoms with E-state index in [9.17, 15) is 4.79 Å². The zero-order valence-electron chi connectivity index (χ0n) is 8.38. The normalized spacial score (nSPS) is 12.2. The van der Waals surface area contributed by atoms with Gasteiger partial charge in [-0.05, 0) is 26.2 Å². The van der Waals surface area contributed by atoms with Gasteiger partial charge in [-0.25, -0.2) is 0 Å². The zero-order chi connectivity index (χ0) is 10.1. The minimum atomic E-state index is 0.113. The van der Waals surface area contributed by atoms with Crippen LogP contribution in [0.5, 0.6) is 0 Å². The third kappa shape index (κ3) is 9.08. The van der Waals surface area contributed by atoms with Crippen LogP contribution in [0.3, 0.4) is 0 Å². The van der Waals surface area contributed by atoms with Crippen molar-refractivity contribution in [2.75, 3.05) is 6.54 Å². The fourth-order valence-corrected chi connectivity index (χ4v) is 0.987. The standard InChI is InChI=1S/C10H20N2O/c1-3-4-8-12-10(13)7-5-6-9(2)11/h3,9H,1,4-8,11H2,2H3,(H,12,13). The quantitative estimate of drug-likeness (QED) is 0.461. The first kappa shape index (κ1) is 12.2. The summed E-state index contributed by atoms with van der Waals surface area (Å²) < 4.78 is 0. The molecule has 76 valence electrons. The van der Waals surface area contributed by atoms with E-state index in [2.05, 4.69) is 11.9 Å². The van der Waals surface area contributed by atoms with Crippen LogP contribution in [-0.4, -0.2) is 18.5 Å². The van der Waals surface area contributed by atoms with Gasteiger partial charge in [-0.3, -0.25) is 4.79 Å². The Kier molecular flexibility index (Phi) is 7.30. The summed E-state index contributed by atoms with van der Waals surface area (Å²) in [6, 6.07) is 0.195. The Balaban J connectivity index is 3.25. The van der Waals surface area contributed by atoms with Crippen LogP contribution in [0.2, 0.25) is 0 Å². The maximum atomic E-state index is 11.1. The molecule has 0 radical (unpaired) electrons. The van der Waals surface area contributed by atoms with Gasteiger partial charge in [-0.15, -0.1) is 6.58 Å². The number of rotatable bonds is 7. The number of nitrogens with two attached hydrogens (primary N) is 1. The van der Waals surface area contributed by atoms with Gasteiger partial charge in [0.1, 0.15) is 0 Å². The molecule has 0 fully saturated rings. The molecule has 3 heteroatoms. The maximum Gasteiger partial charge on any atom is 0.220 e. The van der Waals surface area contributed by atoms with Crippen LogP contribution in [0.15, 0.2) is 12.7 Å². The topological polar surface area (TPSA) is 55.1 Å². The summed E-state index contributed by atoms with van der Waals surface area (Å²) in [5.41, 5.74) is 5.56. The first-order valence-corrected chi connectivity index (χ1v) is 4.80. The van der Waals surface area contributed by atoms with Crippen LogP contribution in [0, 0.1) is 0 Å². The molecule has 0 saturated carbocycles. The van der Waals surface area contributed by atoms with Crippen molar-refractivity contribution in [3.8, 4) is 0 Å². The predicted molar refractivity (Wildman–Crippen MR) is 55.3 cm³/mol. The fourth-order valence-electron chi connectivity index (χ4n) is 0.987.